The maximum atomic E-state index is 12.3. The Kier molecular flexibility index (Phi) is 6.28. The van der Waals surface area contributed by atoms with E-state index in [0.717, 1.165) is 0 Å². The van der Waals surface area contributed by atoms with Gasteiger partial charge in [0, 0.05) is 17.1 Å². The molecule has 1 aromatic rings. The highest BCUT2D eigenvalue weighted by atomic mass is 79.9. The molecule has 0 spiro atoms. The summed E-state index contributed by atoms with van der Waals surface area (Å²) in [5.41, 5.74) is 0.158. The molecule has 0 saturated carbocycles. The summed E-state index contributed by atoms with van der Waals surface area (Å²) in [6.07, 6.45) is 0.410. The summed E-state index contributed by atoms with van der Waals surface area (Å²) in [5, 5.41) is 0.227. The first kappa shape index (κ1) is 19.2. The maximum Gasteiger partial charge on any atom is 0.340 e. The summed E-state index contributed by atoms with van der Waals surface area (Å²) in [5.74, 6) is -1.09. The summed E-state index contributed by atoms with van der Waals surface area (Å²) in [6, 6.07) is 4.38. The van der Waals surface area contributed by atoms with Crippen molar-refractivity contribution < 1.29 is 22.7 Å². The van der Waals surface area contributed by atoms with Crippen LogP contribution in [0.2, 0.25) is 5.02 Å². The monoisotopic (exact) mass is 437 g/mol. The minimum atomic E-state index is -3.09. The number of sulfone groups is 1. The quantitative estimate of drug-likeness (QED) is 0.659. The number of nitrogens with zero attached hydrogens (tertiary/aromatic N) is 1. The van der Waals surface area contributed by atoms with Crippen LogP contribution in [0.15, 0.2) is 22.7 Å². The van der Waals surface area contributed by atoms with Gasteiger partial charge in [-0.2, -0.15) is 0 Å². The van der Waals surface area contributed by atoms with Crippen LogP contribution in [0.1, 0.15) is 23.7 Å². The van der Waals surface area contributed by atoms with Gasteiger partial charge in [0.25, 0.3) is 5.91 Å². The zero-order valence-corrected chi connectivity index (χ0v) is 16.2. The molecule has 0 unspecified atom stereocenters. The van der Waals surface area contributed by atoms with E-state index in [2.05, 4.69) is 15.9 Å². The summed E-state index contributed by atoms with van der Waals surface area (Å²) in [7, 11) is -3.09. The molecule has 0 aromatic heterocycles. The van der Waals surface area contributed by atoms with Crippen molar-refractivity contribution >= 4 is 49.2 Å². The smallest absolute Gasteiger partial charge is 0.340 e. The van der Waals surface area contributed by atoms with E-state index in [9.17, 15) is 18.0 Å². The van der Waals surface area contributed by atoms with Crippen molar-refractivity contribution in [3.8, 4) is 0 Å². The molecule has 1 heterocycles. The lowest BCUT2D eigenvalue weighted by atomic mass is 10.2. The van der Waals surface area contributed by atoms with Crippen molar-refractivity contribution in [3.63, 3.8) is 0 Å². The van der Waals surface area contributed by atoms with Gasteiger partial charge in [-0.25, -0.2) is 13.2 Å². The fraction of sp³-hybridized carbons (Fsp3) is 0.467. The van der Waals surface area contributed by atoms with E-state index in [1.807, 2.05) is 0 Å². The van der Waals surface area contributed by atoms with E-state index < -0.39 is 28.3 Å². The van der Waals surface area contributed by atoms with Gasteiger partial charge in [0.2, 0.25) is 0 Å². The van der Waals surface area contributed by atoms with E-state index in [4.69, 9.17) is 16.3 Å². The molecule has 0 radical (unpaired) electrons. The van der Waals surface area contributed by atoms with Crippen molar-refractivity contribution in [1.82, 2.24) is 4.90 Å². The number of carbonyl (C=O) groups excluding carboxylic acids is 2. The molecule has 0 bridgehead atoms. The van der Waals surface area contributed by atoms with Crippen LogP contribution in [-0.2, 0) is 19.4 Å². The Morgan fingerprint density at radius 1 is 1.42 bits per heavy atom. The third kappa shape index (κ3) is 4.70. The molecule has 0 N–H and O–H groups in total. The lowest BCUT2D eigenvalue weighted by molar-refractivity contribution is -0.136. The number of hydrogen-bond acceptors (Lipinski definition) is 5. The Morgan fingerprint density at radius 2 is 2.12 bits per heavy atom. The van der Waals surface area contributed by atoms with Crippen molar-refractivity contribution in [3.05, 3.63) is 33.3 Å². The molecule has 2 rings (SSSR count). The lowest BCUT2D eigenvalue weighted by Crippen LogP contribution is -2.43. The van der Waals surface area contributed by atoms with Gasteiger partial charge in [0.05, 0.1) is 22.1 Å². The topological polar surface area (TPSA) is 80.8 Å². The standard InChI is InChI=1S/C15H17BrClNO5S/c1-2-18(11-5-6-24(21,22)9-11)14(19)8-23-15(20)12-7-10(16)3-4-13(12)17/h3-4,7,11H,2,5-6,8-9H2,1H3/t11-/m1/s1. The second-order valence-corrected chi connectivity index (χ2v) is 8.99. The second kappa shape index (κ2) is 7.84. The Balaban J connectivity index is 1.98. The van der Waals surface area contributed by atoms with E-state index in [-0.39, 0.29) is 28.1 Å². The minimum Gasteiger partial charge on any atom is -0.452 e. The Morgan fingerprint density at radius 3 is 2.71 bits per heavy atom. The van der Waals surface area contributed by atoms with Crippen LogP contribution in [-0.4, -0.2) is 55.9 Å². The first-order valence-electron chi connectivity index (χ1n) is 7.35. The van der Waals surface area contributed by atoms with Crippen molar-refractivity contribution in [2.45, 2.75) is 19.4 Å². The van der Waals surface area contributed by atoms with Gasteiger partial charge in [-0.1, -0.05) is 27.5 Å². The average molecular weight is 439 g/mol. The predicted octanol–water partition coefficient (Wildman–Crippen LogP) is 2.29. The number of rotatable bonds is 5. The lowest BCUT2D eigenvalue weighted by Gasteiger charge is -2.26. The van der Waals surface area contributed by atoms with E-state index in [0.29, 0.717) is 17.4 Å². The number of ether oxygens (including phenoxy) is 1. The number of amides is 1. The third-order valence-electron chi connectivity index (χ3n) is 3.79. The van der Waals surface area contributed by atoms with Crippen LogP contribution in [0.3, 0.4) is 0 Å². The fourth-order valence-electron chi connectivity index (χ4n) is 2.60. The molecule has 1 aliphatic rings. The average Bonchev–Trinajstić information content (AvgIpc) is 2.87. The van der Waals surface area contributed by atoms with Crippen LogP contribution in [0.25, 0.3) is 0 Å². The summed E-state index contributed by atoms with van der Waals surface area (Å²) >= 11 is 9.18. The van der Waals surface area contributed by atoms with Crippen LogP contribution in [0.5, 0.6) is 0 Å². The van der Waals surface area contributed by atoms with Gasteiger partial charge in [0.1, 0.15) is 0 Å². The molecule has 24 heavy (non-hydrogen) atoms. The predicted molar refractivity (Wildman–Crippen MR) is 93.9 cm³/mol. The molecular formula is C15H17BrClNO5S. The van der Waals surface area contributed by atoms with Crippen LogP contribution in [0.4, 0.5) is 0 Å². The number of hydrogen-bond donors (Lipinski definition) is 0. The normalized spacial score (nSPS) is 19.0. The van der Waals surface area contributed by atoms with E-state index in [1.54, 1.807) is 19.1 Å². The molecule has 1 atom stereocenters. The Bertz CT molecular complexity index is 752. The van der Waals surface area contributed by atoms with Crippen molar-refractivity contribution in [2.75, 3.05) is 24.7 Å². The largest absolute Gasteiger partial charge is 0.452 e. The zero-order valence-electron chi connectivity index (χ0n) is 13.0. The van der Waals surface area contributed by atoms with Crippen molar-refractivity contribution in [2.24, 2.45) is 0 Å². The summed E-state index contributed by atoms with van der Waals surface area (Å²) in [6.45, 7) is 1.66. The van der Waals surface area contributed by atoms with Crippen LogP contribution in [0, 0.1) is 0 Å². The first-order chi connectivity index (χ1) is 11.2. The second-order valence-electron chi connectivity index (χ2n) is 5.44. The first-order valence-corrected chi connectivity index (χ1v) is 10.3. The number of likely N-dealkylation sites (N-methyl/N-ethyl adjacent to an activating group) is 1. The highest BCUT2D eigenvalue weighted by Crippen LogP contribution is 2.22. The van der Waals surface area contributed by atoms with Crippen LogP contribution < -0.4 is 0 Å². The molecule has 1 fully saturated rings. The highest BCUT2D eigenvalue weighted by molar-refractivity contribution is 9.10. The van der Waals surface area contributed by atoms with Gasteiger partial charge < -0.3 is 9.64 Å². The van der Waals surface area contributed by atoms with Gasteiger partial charge >= 0.3 is 5.97 Å². The van der Waals surface area contributed by atoms with Crippen molar-refractivity contribution in [1.29, 1.82) is 0 Å². The zero-order chi connectivity index (χ0) is 17.9. The summed E-state index contributed by atoms with van der Waals surface area (Å²) in [4.78, 5) is 25.8. The summed E-state index contributed by atoms with van der Waals surface area (Å²) < 4.78 is 28.8. The van der Waals surface area contributed by atoms with Gasteiger partial charge in [-0.05, 0) is 31.5 Å². The number of carbonyl (C=O) groups is 2. The van der Waals surface area contributed by atoms with Gasteiger partial charge in [-0.3, -0.25) is 4.79 Å². The molecule has 1 saturated heterocycles. The SMILES string of the molecule is CCN(C(=O)COC(=O)c1cc(Br)ccc1Cl)[C@@H]1CCS(=O)(=O)C1. The number of halogens is 2. The number of benzene rings is 1. The highest BCUT2D eigenvalue weighted by Gasteiger charge is 2.34. The molecule has 132 valence electrons. The Labute approximate surface area is 154 Å². The molecule has 6 nitrogen and oxygen atoms in total. The third-order valence-corrected chi connectivity index (χ3v) is 6.36. The Hall–Kier alpha value is -1.12. The van der Waals surface area contributed by atoms with Crippen LogP contribution >= 0.6 is 27.5 Å². The minimum absolute atomic E-state index is 0.0437. The molecule has 1 aromatic carbocycles. The maximum absolute atomic E-state index is 12.3. The van der Waals surface area contributed by atoms with Gasteiger partial charge in [-0.15, -0.1) is 0 Å². The molecule has 9 heteroatoms. The molecular weight excluding hydrogens is 422 g/mol. The molecule has 1 amide bonds. The van der Waals surface area contributed by atoms with E-state index in [1.165, 1.54) is 11.0 Å². The number of esters is 1. The van der Waals surface area contributed by atoms with Gasteiger partial charge in [0.15, 0.2) is 16.4 Å². The molecule has 0 aliphatic carbocycles. The molecule has 1 aliphatic heterocycles. The van der Waals surface area contributed by atoms with E-state index >= 15 is 0 Å². The fourth-order valence-corrected chi connectivity index (χ4v) is 4.89.